The third kappa shape index (κ3) is 3.89. The molecule has 36 heavy (non-hydrogen) atoms. The average molecular weight is 488 g/mol. The van der Waals surface area contributed by atoms with Crippen LogP contribution in [0.25, 0.3) is 11.0 Å². The maximum Gasteiger partial charge on any atom is 0.268 e. The molecule has 1 aliphatic carbocycles. The van der Waals surface area contributed by atoms with E-state index in [0.717, 1.165) is 75.0 Å². The van der Waals surface area contributed by atoms with Crippen LogP contribution in [-0.4, -0.2) is 75.3 Å². The number of carbonyl (C=O) groups excluding carboxylic acids is 1. The Balaban J connectivity index is 1.22. The fraction of sp³-hybridized carbons (Fsp3) is 0.500. The van der Waals surface area contributed by atoms with Crippen LogP contribution in [0.4, 0.5) is 17.5 Å². The minimum Gasteiger partial charge on any atom is -0.367 e. The number of nitrogens with one attached hydrogen (secondary N) is 3. The molecule has 0 radical (unpaired) electrons. The van der Waals surface area contributed by atoms with Gasteiger partial charge in [0, 0.05) is 44.0 Å². The Labute approximate surface area is 210 Å². The Kier molecular flexibility index (Phi) is 5.83. The number of aromatic nitrogens is 4. The molecular weight excluding hydrogens is 454 g/mol. The number of nitrogens with zero attached hydrogens (tertiary/aromatic N) is 6. The van der Waals surface area contributed by atoms with Crippen molar-refractivity contribution in [3.05, 3.63) is 36.3 Å². The summed E-state index contributed by atoms with van der Waals surface area (Å²) >= 11 is 0. The lowest BCUT2D eigenvalue weighted by Gasteiger charge is -2.40. The zero-order chi connectivity index (χ0) is 24.7. The molecular formula is C26H33N9O. The molecule has 6 rings (SSSR count). The van der Waals surface area contributed by atoms with Crippen molar-refractivity contribution < 1.29 is 4.79 Å². The van der Waals surface area contributed by atoms with E-state index >= 15 is 0 Å². The van der Waals surface area contributed by atoms with Gasteiger partial charge in [0.25, 0.3) is 5.91 Å². The van der Waals surface area contributed by atoms with Gasteiger partial charge in [0.1, 0.15) is 17.2 Å². The van der Waals surface area contributed by atoms with Crippen molar-refractivity contribution in [1.29, 1.82) is 5.41 Å². The van der Waals surface area contributed by atoms with Gasteiger partial charge in [0.2, 0.25) is 5.95 Å². The van der Waals surface area contributed by atoms with Crippen LogP contribution in [0.3, 0.4) is 0 Å². The fourth-order valence-corrected chi connectivity index (χ4v) is 6.11. The molecule has 3 N–H and O–H groups in total. The van der Waals surface area contributed by atoms with Crippen LogP contribution in [0, 0.1) is 5.41 Å². The molecule has 1 saturated heterocycles. The van der Waals surface area contributed by atoms with Gasteiger partial charge in [-0.1, -0.05) is 19.8 Å². The van der Waals surface area contributed by atoms with E-state index in [1.54, 1.807) is 12.4 Å². The number of anilines is 3. The number of fused-ring (bicyclic) bond motifs is 4. The highest BCUT2D eigenvalue weighted by molar-refractivity contribution is 5.99. The summed E-state index contributed by atoms with van der Waals surface area (Å²) in [7, 11) is 0. The van der Waals surface area contributed by atoms with Gasteiger partial charge in [0.05, 0.1) is 23.5 Å². The highest BCUT2D eigenvalue weighted by Crippen LogP contribution is 2.41. The number of carbonyl (C=O) groups is 1. The molecule has 3 aliphatic rings. The van der Waals surface area contributed by atoms with E-state index in [9.17, 15) is 4.79 Å². The van der Waals surface area contributed by atoms with Crippen LogP contribution in [0.1, 0.15) is 49.5 Å². The van der Waals surface area contributed by atoms with Gasteiger partial charge in [-0.3, -0.25) is 9.69 Å². The molecule has 188 valence electrons. The number of hydrogen-bond acceptors (Lipinski definition) is 8. The number of amides is 1. The second-order valence-electron chi connectivity index (χ2n) is 10.2. The summed E-state index contributed by atoms with van der Waals surface area (Å²) in [6, 6.07) is 6.04. The van der Waals surface area contributed by atoms with E-state index in [1.807, 2.05) is 18.3 Å². The summed E-state index contributed by atoms with van der Waals surface area (Å²) in [5.41, 5.74) is 2.44. The summed E-state index contributed by atoms with van der Waals surface area (Å²) in [6.45, 7) is 6.53. The smallest absolute Gasteiger partial charge is 0.268 e. The Morgan fingerprint density at radius 3 is 2.83 bits per heavy atom. The molecule has 1 amide bonds. The van der Waals surface area contributed by atoms with Crippen molar-refractivity contribution >= 4 is 40.6 Å². The number of hydrogen-bond donors (Lipinski definition) is 3. The van der Waals surface area contributed by atoms with E-state index in [-0.39, 0.29) is 17.5 Å². The van der Waals surface area contributed by atoms with E-state index in [0.29, 0.717) is 24.0 Å². The van der Waals surface area contributed by atoms with Crippen LogP contribution >= 0.6 is 0 Å². The maximum absolute atomic E-state index is 12.6. The Hall–Kier alpha value is -3.53. The minimum absolute atomic E-state index is 0.0435. The van der Waals surface area contributed by atoms with Crippen molar-refractivity contribution in [2.45, 2.75) is 50.6 Å². The molecule has 1 spiro atoms. The average Bonchev–Trinajstić information content (AvgIpc) is 3.53. The van der Waals surface area contributed by atoms with Crippen LogP contribution in [0.2, 0.25) is 0 Å². The SMILES string of the molecule is CCCN1CCN(c2ccc(Nc3ncc4cc5n(c4n3)C3(CCCC3)CNC5=O)nc2)C[C@@H]1C=N. The van der Waals surface area contributed by atoms with E-state index in [2.05, 4.69) is 48.0 Å². The Morgan fingerprint density at radius 2 is 2.08 bits per heavy atom. The molecule has 5 heterocycles. The predicted molar refractivity (Wildman–Crippen MR) is 140 cm³/mol. The third-order valence-corrected chi connectivity index (χ3v) is 7.95. The number of piperazine rings is 1. The molecule has 0 unspecified atom stereocenters. The standard InChI is InChI=1S/C26H33N9O/c1-2-9-33-10-11-34(16-20(33)13-27)19-5-6-22(28-15-19)31-25-29-14-18-12-21-24(36)30-17-26(7-3-4-8-26)35(21)23(18)32-25/h5-6,12-15,20,27H,2-4,7-11,16-17H2,1H3,(H,30,36)(H,28,29,31,32)/t20-/m0/s1. The minimum atomic E-state index is -0.0913. The normalized spacial score (nSPS) is 21.5. The monoisotopic (exact) mass is 487 g/mol. The van der Waals surface area contributed by atoms with Crippen molar-refractivity contribution in [2.75, 3.05) is 42.9 Å². The van der Waals surface area contributed by atoms with Crippen LogP contribution < -0.4 is 15.5 Å². The van der Waals surface area contributed by atoms with E-state index in [4.69, 9.17) is 10.4 Å². The van der Waals surface area contributed by atoms with Crippen LogP contribution in [0.15, 0.2) is 30.6 Å². The first-order valence-electron chi connectivity index (χ1n) is 13.0. The zero-order valence-corrected chi connectivity index (χ0v) is 20.7. The van der Waals surface area contributed by atoms with E-state index < -0.39 is 0 Å². The zero-order valence-electron chi connectivity index (χ0n) is 20.7. The van der Waals surface area contributed by atoms with Gasteiger partial charge in [-0.05, 0) is 44.0 Å². The van der Waals surface area contributed by atoms with Gasteiger partial charge in [-0.15, -0.1) is 0 Å². The molecule has 10 nitrogen and oxygen atoms in total. The molecule has 1 saturated carbocycles. The first kappa shape index (κ1) is 22.9. The lowest BCUT2D eigenvalue weighted by atomic mass is 9.94. The highest BCUT2D eigenvalue weighted by Gasteiger charge is 2.42. The Morgan fingerprint density at radius 1 is 1.22 bits per heavy atom. The molecule has 1 atom stereocenters. The molecule has 2 fully saturated rings. The lowest BCUT2D eigenvalue weighted by molar-refractivity contribution is 0.0876. The summed E-state index contributed by atoms with van der Waals surface area (Å²) in [5, 5.41) is 15.0. The van der Waals surface area contributed by atoms with Crippen molar-refractivity contribution in [3.63, 3.8) is 0 Å². The molecule has 0 aromatic carbocycles. The summed E-state index contributed by atoms with van der Waals surface area (Å²) in [6.07, 6.45) is 10.7. The first-order chi connectivity index (χ1) is 17.6. The van der Waals surface area contributed by atoms with E-state index in [1.165, 1.54) is 0 Å². The number of pyridine rings is 1. The molecule has 10 heteroatoms. The van der Waals surface area contributed by atoms with Crippen LogP contribution in [0.5, 0.6) is 0 Å². The van der Waals surface area contributed by atoms with Gasteiger partial charge in [-0.25, -0.2) is 9.97 Å². The number of rotatable bonds is 6. The first-order valence-corrected chi connectivity index (χ1v) is 13.0. The Bertz CT molecular complexity index is 1280. The molecule has 3 aromatic rings. The maximum atomic E-state index is 12.6. The predicted octanol–water partition coefficient (Wildman–Crippen LogP) is 3.13. The molecule has 0 bridgehead atoms. The quantitative estimate of drug-likeness (QED) is 0.458. The summed E-state index contributed by atoms with van der Waals surface area (Å²) < 4.78 is 2.16. The second kappa shape index (κ2) is 9.16. The third-order valence-electron chi connectivity index (χ3n) is 7.95. The highest BCUT2D eigenvalue weighted by atomic mass is 16.2. The summed E-state index contributed by atoms with van der Waals surface area (Å²) in [4.78, 5) is 31.2. The van der Waals surface area contributed by atoms with Crippen molar-refractivity contribution in [2.24, 2.45) is 0 Å². The van der Waals surface area contributed by atoms with Crippen LogP contribution in [-0.2, 0) is 5.54 Å². The van der Waals surface area contributed by atoms with Crippen molar-refractivity contribution in [3.8, 4) is 0 Å². The van der Waals surface area contributed by atoms with Gasteiger partial charge in [-0.2, -0.15) is 4.98 Å². The van der Waals surface area contributed by atoms with Gasteiger partial charge in [0.15, 0.2) is 0 Å². The second-order valence-corrected chi connectivity index (χ2v) is 10.2. The van der Waals surface area contributed by atoms with Gasteiger partial charge < -0.3 is 25.5 Å². The topological polar surface area (TPSA) is 115 Å². The largest absolute Gasteiger partial charge is 0.367 e. The summed E-state index contributed by atoms with van der Waals surface area (Å²) in [5.74, 6) is 1.10. The van der Waals surface area contributed by atoms with Crippen molar-refractivity contribution in [1.82, 2.24) is 29.7 Å². The van der Waals surface area contributed by atoms with Gasteiger partial charge >= 0.3 is 0 Å². The lowest BCUT2D eigenvalue weighted by Crippen LogP contribution is -2.54. The fourth-order valence-electron chi connectivity index (χ4n) is 6.11. The molecule has 2 aliphatic heterocycles. The molecule has 3 aromatic heterocycles.